The summed E-state index contributed by atoms with van der Waals surface area (Å²) in [6, 6.07) is 32.1. The van der Waals surface area contributed by atoms with E-state index in [1.807, 2.05) is 84.9 Å². The summed E-state index contributed by atoms with van der Waals surface area (Å²) >= 11 is 0. The molecule has 6 N–H and O–H groups in total. The second kappa shape index (κ2) is 18.1. The van der Waals surface area contributed by atoms with Crippen molar-refractivity contribution in [2.45, 2.75) is 50.2 Å². The van der Waals surface area contributed by atoms with Gasteiger partial charge in [0.05, 0.1) is 36.7 Å². The van der Waals surface area contributed by atoms with Gasteiger partial charge in [0.25, 0.3) is 0 Å². The van der Waals surface area contributed by atoms with Crippen LogP contribution in [-0.4, -0.2) is 107 Å². The first-order valence-corrected chi connectivity index (χ1v) is 18.7. The number of aliphatic hydroxyl groups excluding tert-OH is 4. The fourth-order valence-corrected chi connectivity index (χ4v) is 7.26. The van der Waals surface area contributed by atoms with Gasteiger partial charge >= 0.3 is 6.03 Å². The second-order valence-electron chi connectivity index (χ2n) is 13.8. The van der Waals surface area contributed by atoms with Crippen LogP contribution < -0.4 is 9.47 Å². The largest absolute Gasteiger partial charge is 0.491 e. The molecule has 13 nitrogen and oxygen atoms in total. The number of rotatable bonds is 16. The maximum absolute atomic E-state index is 15.3. The van der Waals surface area contributed by atoms with E-state index in [0.29, 0.717) is 11.5 Å². The molecule has 3 heterocycles. The van der Waals surface area contributed by atoms with Crippen LogP contribution in [0.15, 0.2) is 122 Å². The van der Waals surface area contributed by atoms with Crippen LogP contribution in [0, 0.1) is 0 Å². The highest BCUT2D eigenvalue weighted by Gasteiger charge is 2.46. The number of amides is 2. The summed E-state index contributed by atoms with van der Waals surface area (Å²) in [5.41, 5.74) is 6.79. The van der Waals surface area contributed by atoms with Crippen molar-refractivity contribution in [3.63, 3.8) is 0 Å². The Kier molecular flexibility index (Phi) is 12.4. The molecule has 290 valence electrons. The highest BCUT2D eigenvalue weighted by molar-refractivity contribution is 5.76. The van der Waals surface area contributed by atoms with E-state index in [2.05, 4.69) is 20.4 Å². The van der Waals surface area contributed by atoms with Crippen LogP contribution in [0.1, 0.15) is 22.3 Å². The Bertz CT molecular complexity index is 1980. The molecule has 1 saturated heterocycles. The highest BCUT2D eigenvalue weighted by atomic mass is 16.5. The summed E-state index contributed by atoms with van der Waals surface area (Å²) in [5, 5.41) is 57.2. The van der Waals surface area contributed by atoms with Crippen LogP contribution in [0.3, 0.4) is 0 Å². The lowest BCUT2D eigenvalue weighted by atomic mass is 9.90. The van der Waals surface area contributed by atoms with Gasteiger partial charge in [-0.2, -0.15) is 10.2 Å². The number of hydrogen-bond donors (Lipinski definition) is 6. The van der Waals surface area contributed by atoms with Crippen LogP contribution in [0.4, 0.5) is 4.79 Å². The van der Waals surface area contributed by atoms with Crippen molar-refractivity contribution in [2.75, 3.05) is 26.4 Å². The van der Waals surface area contributed by atoms with Crippen molar-refractivity contribution < 1.29 is 34.7 Å². The van der Waals surface area contributed by atoms with Crippen molar-refractivity contribution in [1.82, 2.24) is 30.2 Å². The molecule has 1 aliphatic heterocycles. The lowest BCUT2D eigenvalue weighted by molar-refractivity contribution is -0.0408. The molecular weight excluding hydrogens is 713 g/mol. The number of carbonyl (C=O) groups excluding carboxylic acids is 1. The lowest BCUT2D eigenvalue weighted by Gasteiger charge is -2.36. The molecule has 0 unspecified atom stereocenters. The Hall–Kier alpha value is -5.99. The molecule has 56 heavy (non-hydrogen) atoms. The van der Waals surface area contributed by atoms with Crippen LogP contribution in [0.2, 0.25) is 0 Å². The molecule has 4 aromatic carbocycles. The molecule has 1 aliphatic rings. The zero-order valence-corrected chi connectivity index (χ0v) is 30.8. The number of H-pyrrole nitrogens is 2. The first kappa shape index (κ1) is 38.3. The standard InChI is InChI=1S/C43H46N6O7/c50-19-21-55-35-11-7-29(8-12-35)25-39-41(52)42(53)40(26-30-9-13-36(14-10-30)56-22-20-51)49(28-32-4-2-6-34(24-32)38-16-18-45-47-38)43(54)48(39)27-31-3-1-5-33(23-31)37-15-17-44-46-37/h1-18,23-24,39-42,50-53H,19-22,25-28H2,(H,44,46)(H,45,47)/t39-,40-,41+,42+/m1/s1. The summed E-state index contributed by atoms with van der Waals surface area (Å²) in [4.78, 5) is 18.7. The molecule has 2 amide bonds. The predicted octanol–water partition coefficient (Wildman–Crippen LogP) is 4.59. The van der Waals surface area contributed by atoms with Gasteiger partial charge in [0.1, 0.15) is 36.9 Å². The minimum atomic E-state index is -1.33. The third-order valence-corrected chi connectivity index (χ3v) is 10.1. The summed E-state index contributed by atoms with van der Waals surface area (Å²) in [7, 11) is 0. The molecule has 0 radical (unpaired) electrons. The average Bonchev–Trinajstić information content (AvgIpc) is 3.98. The van der Waals surface area contributed by atoms with Crippen LogP contribution in [-0.2, 0) is 25.9 Å². The number of ether oxygens (including phenoxy) is 2. The van der Waals surface area contributed by atoms with Gasteiger partial charge in [0, 0.05) is 25.5 Å². The number of aromatic nitrogens is 4. The molecule has 0 aliphatic carbocycles. The Morgan fingerprint density at radius 3 is 1.38 bits per heavy atom. The van der Waals surface area contributed by atoms with Gasteiger partial charge in [0.15, 0.2) is 0 Å². The quantitative estimate of drug-likeness (QED) is 0.0824. The number of urea groups is 1. The van der Waals surface area contributed by atoms with E-state index in [4.69, 9.17) is 9.47 Å². The third-order valence-electron chi connectivity index (χ3n) is 10.1. The normalized spacial score (nSPS) is 18.5. The molecule has 6 aromatic rings. The van der Waals surface area contributed by atoms with Crippen LogP contribution >= 0.6 is 0 Å². The molecule has 13 heteroatoms. The monoisotopic (exact) mass is 758 g/mol. The maximum Gasteiger partial charge on any atom is 0.321 e. The zero-order chi connectivity index (χ0) is 38.9. The number of nitrogens with zero attached hydrogens (tertiary/aromatic N) is 4. The fraction of sp³-hybridized carbons (Fsp3) is 0.279. The number of nitrogens with one attached hydrogen (secondary N) is 2. The van der Waals surface area contributed by atoms with Crippen LogP contribution in [0.25, 0.3) is 22.5 Å². The van der Waals surface area contributed by atoms with Gasteiger partial charge in [0.2, 0.25) is 0 Å². The van der Waals surface area contributed by atoms with Crippen molar-refractivity contribution >= 4 is 6.03 Å². The van der Waals surface area contributed by atoms with E-state index in [0.717, 1.165) is 44.8 Å². The lowest BCUT2D eigenvalue weighted by Crippen LogP contribution is -2.50. The maximum atomic E-state index is 15.3. The number of hydrogen-bond acceptors (Lipinski definition) is 9. The number of benzene rings is 4. The number of aromatic amines is 2. The first-order valence-electron chi connectivity index (χ1n) is 18.7. The topological polar surface area (TPSA) is 180 Å². The molecule has 0 bridgehead atoms. The molecule has 0 spiro atoms. The summed E-state index contributed by atoms with van der Waals surface area (Å²) < 4.78 is 11.2. The van der Waals surface area contributed by atoms with Gasteiger partial charge in [-0.1, -0.05) is 60.7 Å². The highest BCUT2D eigenvalue weighted by Crippen LogP contribution is 2.32. The van der Waals surface area contributed by atoms with Gasteiger partial charge in [-0.15, -0.1) is 0 Å². The smallest absolute Gasteiger partial charge is 0.321 e. The Labute approximate surface area is 324 Å². The second-order valence-corrected chi connectivity index (χ2v) is 13.8. The van der Waals surface area contributed by atoms with E-state index in [9.17, 15) is 20.4 Å². The summed E-state index contributed by atoms with van der Waals surface area (Å²) in [5.74, 6) is 1.17. The van der Waals surface area contributed by atoms with E-state index >= 15 is 4.79 Å². The van der Waals surface area contributed by atoms with E-state index in [1.54, 1.807) is 46.5 Å². The van der Waals surface area contributed by atoms with E-state index in [1.165, 1.54) is 0 Å². The molecular formula is C43H46N6O7. The number of carbonyl (C=O) groups is 1. The molecule has 0 saturated carbocycles. The Balaban J connectivity index is 1.28. The summed E-state index contributed by atoms with van der Waals surface area (Å²) in [6.45, 7) is 0.404. The Morgan fingerprint density at radius 1 is 0.571 bits per heavy atom. The van der Waals surface area contributed by atoms with E-state index < -0.39 is 24.3 Å². The third kappa shape index (κ3) is 9.09. The zero-order valence-electron chi connectivity index (χ0n) is 30.8. The average molecular weight is 759 g/mol. The fourth-order valence-electron chi connectivity index (χ4n) is 7.26. The van der Waals surface area contributed by atoms with Gasteiger partial charge in [-0.05, 0) is 94.8 Å². The minimum Gasteiger partial charge on any atom is -0.491 e. The summed E-state index contributed by atoms with van der Waals surface area (Å²) in [6.07, 6.45) is 1.19. The van der Waals surface area contributed by atoms with Gasteiger partial charge in [-0.25, -0.2) is 4.79 Å². The van der Waals surface area contributed by atoms with Crippen molar-refractivity contribution in [2.24, 2.45) is 0 Å². The van der Waals surface area contributed by atoms with E-state index in [-0.39, 0.29) is 58.4 Å². The van der Waals surface area contributed by atoms with Gasteiger partial charge < -0.3 is 39.7 Å². The predicted molar refractivity (Wildman–Crippen MR) is 210 cm³/mol. The molecule has 7 rings (SSSR count). The minimum absolute atomic E-state index is 0.112. The number of aliphatic hydroxyl groups is 4. The van der Waals surface area contributed by atoms with Crippen molar-refractivity contribution in [3.05, 3.63) is 144 Å². The molecule has 1 fully saturated rings. The SMILES string of the molecule is O=C1N(Cc2cccc(-c3ccn[nH]3)c2)[C@H](Cc2ccc(OCCO)cc2)[C@H](O)[C@@H](O)[C@@H](Cc2ccc(OCCO)cc2)N1Cc1cccc(-c2ccn[nH]2)c1. The van der Waals surface area contributed by atoms with Gasteiger partial charge in [-0.3, -0.25) is 10.2 Å². The van der Waals surface area contributed by atoms with Crippen LogP contribution in [0.5, 0.6) is 11.5 Å². The Morgan fingerprint density at radius 2 is 1.00 bits per heavy atom. The first-order chi connectivity index (χ1) is 27.4. The molecule has 4 atom stereocenters. The van der Waals surface area contributed by atoms with Crippen molar-refractivity contribution in [3.8, 4) is 34.0 Å². The van der Waals surface area contributed by atoms with Crippen molar-refractivity contribution in [1.29, 1.82) is 0 Å². The molecule has 2 aromatic heterocycles.